The lowest BCUT2D eigenvalue weighted by atomic mass is 10.0. The quantitative estimate of drug-likeness (QED) is 0.690. The summed E-state index contributed by atoms with van der Waals surface area (Å²) in [5, 5.41) is 0. The molecular weight excluding hydrogens is 384 g/mol. The highest BCUT2D eigenvalue weighted by Crippen LogP contribution is 2.28. The molecule has 30 heavy (non-hydrogen) atoms. The van der Waals surface area contributed by atoms with Crippen LogP contribution in [0.5, 0.6) is 0 Å². The number of rotatable bonds is 4. The van der Waals surface area contributed by atoms with E-state index in [4.69, 9.17) is 0 Å². The molecule has 2 saturated heterocycles. The number of nitrogens with one attached hydrogen (secondary N) is 1. The summed E-state index contributed by atoms with van der Waals surface area (Å²) in [6.45, 7) is 4.51. The number of aromatic nitrogens is 3. The van der Waals surface area contributed by atoms with Crippen LogP contribution in [0.15, 0.2) is 42.7 Å². The summed E-state index contributed by atoms with van der Waals surface area (Å²) in [4.78, 5) is 17.3. The van der Waals surface area contributed by atoms with E-state index in [2.05, 4.69) is 24.8 Å². The number of likely N-dealkylation sites (tertiary alicyclic amines) is 1. The SMILES string of the molecule is Fc1ccc(-c2c[nH]c(-c3ccnc(N4CCC(N5CCCC5)CC4)c3)n2)cc1F. The number of piperidine rings is 1. The van der Waals surface area contributed by atoms with E-state index < -0.39 is 11.6 Å². The molecule has 5 nitrogen and oxygen atoms in total. The van der Waals surface area contributed by atoms with E-state index in [1.54, 1.807) is 12.4 Å². The summed E-state index contributed by atoms with van der Waals surface area (Å²) in [5.74, 6) is -0.0918. The van der Waals surface area contributed by atoms with E-state index in [0.717, 1.165) is 36.6 Å². The van der Waals surface area contributed by atoms with Crippen LogP contribution in [0.25, 0.3) is 22.6 Å². The Hall–Kier alpha value is -2.80. The highest BCUT2D eigenvalue weighted by molar-refractivity contribution is 5.66. The predicted octanol–water partition coefficient (Wildman–Crippen LogP) is 4.48. The van der Waals surface area contributed by atoms with Crippen molar-refractivity contribution in [3.63, 3.8) is 0 Å². The van der Waals surface area contributed by atoms with Crippen LogP contribution in [0.2, 0.25) is 0 Å². The van der Waals surface area contributed by atoms with Gasteiger partial charge in [-0.1, -0.05) is 0 Å². The molecule has 1 aromatic carbocycles. The number of benzene rings is 1. The van der Waals surface area contributed by atoms with Crippen LogP contribution < -0.4 is 4.90 Å². The number of hydrogen-bond acceptors (Lipinski definition) is 4. The monoisotopic (exact) mass is 409 g/mol. The van der Waals surface area contributed by atoms with E-state index >= 15 is 0 Å². The van der Waals surface area contributed by atoms with E-state index in [-0.39, 0.29) is 0 Å². The second-order valence-corrected chi connectivity index (χ2v) is 8.13. The minimum absolute atomic E-state index is 0.537. The molecule has 2 aromatic heterocycles. The molecule has 0 aliphatic carbocycles. The fraction of sp³-hybridized carbons (Fsp3) is 0.391. The second kappa shape index (κ2) is 8.14. The van der Waals surface area contributed by atoms with E-state index in [1.807, 2.05) is 12.1 Å². The van der Waals surface area contributed by atoms with Crippen molar-refractivity contribution in [2.45, 2.75) is 31.7 Å². The topological polar surface area (TPSA) is 48.1 Å². The maximum Gasteiger partial charge on any atom is 0.159 e. The molecule has 2 aliphatic heterocycles. The van der Waals surface area contributed by atoms with Gasteiger partial charge in [0, 0.05) is 42.7 Å². The van der Waals surface area contributed by atoms with Gasteiger partial charge in [0.15, 0.2) is 11.6 Å². The Bertz CT molecular complexity index is 1020. The van der Waals surface area contributed by atoms with Crippen LogP contribution in [0.1, 0.15) is 25.7 Å². The zero-order chi connectivity index (χ0) is 20.5. The van der Waals surface area contributed by atoms with Crippen LogP contribution >= 0.6 is 0 Å². The van der Waals surface area contributed by atoms with Crippen LogP contribution in [0.4, 0.5) is 14.6 Å². The number of hydrogen-bond donors (Lipinski definition) is 1. The molecule has 0 spiro atoms. The average Bonchev–Trinajstić information content (AvgIpc) is 3.49. The molecule has 156 valence electrons. The van der Waals surface area contributed by atoms with Crippen LogP contribution in [-0.4, -0.2) is 52.1 Å². The molecule has 7 heteroatoms. The second-order valence-electron chi connectivity index (χ2n) is 8.13. The fourth-order valence-electron chi connectivity index (χ4n) is 4.58. The molecule has 2 aliphatic rings. The van der Waals surface area contributed by atoms with Gasteiger partial charge >= 0.3 is 0 Å². The van der Waals surface area contributed by atoms with Gasteiger partial charge in [0.05, 0.1) is 5.69 Å². The zero-order valence-corrected chi connectivity index (χ0v) is 16.8. The Balaban J connectivity index is 1.31. The summed E-state index contributed by atoms with van der Waals surface area (Å²) in [6.07, 6.45) is 8.53. The third kappa shape index (κ3) is 3.81. The highest BCUT2D eigenvalue weighted by atomic mass is 19.2. The molecule has 3 aromatic rings. The maximum atomic E-state index is 13.5. The smallest absolute Gasteiger partial charge is 0.159 e. The lowest BCUT2D eigenvalue weighted by Crippen LogP contribution is -2.44. The number of nitrogens with zero attached hydrogens (tertiary/aromatic N) is 4. The molecular formula is C23H25F2N5. The van der Waals surface area contributed by atoms with Gasteiger partial charge in [-0.2, -0.15) is 0 Å². The predicted molar refractivity (Wildman–Crippen MR) is 113 cm³/mol. The first kappa shape index (κ1) is 19.2. The van der Waals surface area contributed by atoms with Gasteiger partial charge in [-0.05, 0) is 69.1 Å². The van der Waals surface area contributed by atoms with Crippen molar-refractivity contribution in [2.75, 3.05) is 31.1 Å². The van der Waals surface area contributed by atoms with Gasteiger partial charge in [-0.15, -0.1) is 0 Å². The molecule has 4 heterocycles. The largest absolute Gasteiger partial charge is 0.356 e. The van der Waals surface area contributed by atoms with Crippen LogP contribution in [0.3, 0.4) is 0 Å². The first-order chi connectivity index (χ1) is 14.7. The van der Waals surface area contributed by atoms with Crippen LogP contribution in [0, 0.1) is 11.6 Å². The standard InChI is InChI=1S/C23H25F2N5/c24-19-4-3-16(13-20(19)25)21-15-27-23(28-21)17-5-8-26-22(14-17)30-11-6-18(7-12-30)29-9-1-2-10-29/h3-5,8,13-15,18H,1-2,6-7,9-12H2,(H,27,28). The molecule has 1 N–H and O–H groups in total. The molecule has 0 radical (unpaired) electrons. The molecule has 0 saturated carbocycles. The molecule has 0 bridgehead atoms. The number of aromatic amines is 1. The van der Waals surface area contributed by atoms with Crippen molar-refractivity contribution in [2.24, 2.45) is 0 Å². The number of pyridine rings is 1. The Labute approximate surface area is 174 Å². The van der Waals surface area contributed by atoms with Gasteiger partial charge in [0.25, 0.3) is 0 Å². The number of imidazole rings is 1. The summed E-state index contributed by atoms with van der Waals surface area (Å²) < 4.78 is 26.8. The van der Waals surface area contributed by atoms with E-state index in [9.17, 15) is 8.78 Å². The summed E-state index contributed by atoms with van der Waals surface area (Å²) in [7, 11) is 0. The minimum atomic E-state index is -0.874. The number of halogens is 2. The lowest BCUT2D eigenvalue weighted by molar-refractivity contribution is 0.207. The van der Waals surface area contributed by atoms with Crippen molar-refractivity contribution in [3.8, 4) is 22.6 Å². The average molecular weight is 409 g/mol. The summed E-state index contributed by atoms with van der Waals surface area (Å²) in [6, 6.07) is 8.47. The van der Waals surface area contributed by atoms with Crippen molar-refractivity contribution < 1.29 is 8.78 Å². The first-order valence-electron chi connectivity index (χ1n) is 10.6. The highest BCUT2D eigenvalue weighted by Gasteiger charge is 2.27. The minimum Gasteiger partial charge on any atom is -0.356 e. The van der Waals surface area contributed by atoms with Crippen molar-refractivity contribution in [1.29, 1.82) is 0 Å². The summed E-state index contributed by atoms with van der Waals surface area (Å²) in [5.41, 5.74) is 2.04. The Morgan fingerprint density at radius 1 is 0.900 bits per heavy atom. The zero-order valence-electron chi connectivity index (χ0n) is 16.8. The maximum absolute atomic E-state index is 13.5. The van der Waals surface area contributed by atoms with Crippen molar-refractivity contribution >= 4 is 5.82 Å². The Morgan fingerprint density at radius 3 is 2.47 bits per heavy atom. The van der Waals surface area contributed by atoms with Crippen molar-refractivity contribution in [3.05, 3.63) is 54.4 Å². The van der Waals surface area contributed by atoms with Gasteiger partial charge in [-0.3, -0.25) is 0 Å². The van der Waals surface area contributed by atoms with E-state index in [1.165, 1.54) is 44.8 Å². The number of anilines is 1. The third-order valence-electron chi connectivity index (χ3n) is 6.26. The van der Waals surface area contributed by atoms with Gasteiger partial charge in [-0.25, -0.2) is 18.7 Å². The summed E-state index contributed by atoms with van der Waals surface area (Å²) >= 11 is 0. The van der Waals surface area contributed by atoms with Gasteiger partial charge < -0.3 is 14.8 Å². The molecule has 5 rings (SSSR count). The number of H-pyrrole nitrogens is 1. The van der Waals surface area contributed by atoms with Gasteiger partial charge in [0.1, 0.15) is 11.6 Å². The Kier molecular flexibility index (Phi) is 5.21. The first-order valence-corrected chi connectivity index (χ1v) is 10.6. The molecule has 2 fully saturated rings. The van der Waals surface area contributed by atoms with Gasteiger partial charge in [0.2, 0.25) is 0 Å². The lowest BCUT2D eigenvalue weighted by Gasteiger charge is -2.37. The fourth-order valence-corrected chi connectivity index (χ4v) is 4.58. The normalized spacial score (nSPS) is 18.3. The molecule has 0 atom stereocenters. The molecule has 0 amide bonds. The van der Waals surface area contributed by atoms with Crippen LogP contribution in [-0.2, 0) is 0 Å². The molecule has 0 unspecified atom stereocenters. The van der Waals surface area contributed by atoms with Crippen molar-refractivity contribution in [1.82, 2.24) is 19.9 Å². The third-order valence-corrected chi connectivity index (χ3v) is 6.26. The Morgan fingerprint density at radius 2 is 1.70 bits per heavy atom. The van der Waals surface area contributed by atoms with E-state index in [0.29, 0.717) is 23.1 Å².